The Morgan fingerprint density at radius 1 is 1.09 bits per heavy atom. The van der Waals surface area contributed by atoms with Crippen LogP contribution in [-0.2, 0) is 0 Å². The topological polar surface area (TPSA) is 60.2 Å². The Morgan fingerprint density at radius 2 is 1.78 bits per heavy atom. The minimum absolute atomic E-state index is 0.0601. The molecule has 1 fully saturated rings. The van der Waals surface area contributed by atoms with Crippen LogP contribution >= 0.6 is 15.9 Å². The van der Waals surface area contributed by atoms with Crippen molar-refractivity contribution in [3.63, 3.8) is 0 Å². The molecule has 0 radical (unpaired) electrons. The second-order valence-corrected chi connectivity index (χ2v) is 6.22. The Labute approximate surface area is 143 Å². The molecular weight excluding hydrogens is 356 g/mol. The van der Waals surface area contributed by atoms with Gasteiger partial charge in [-0.2, -0.15) is 5.26 Å². The number of nitrogens with zero attached hydrogens (tertiary/aromatic N) is 4. The molecule has 23 heavy (non-hydrogen) atoms. The highest BCUT2D eigenvalue weighted by molar-refractivity contribution is 9.10. The standard InChI is InChI=1S/C17H15BrN4O/c18-15-4-2-14(3-5-15)17(23)22-9-7-21(8-10-22)16-6-1-13(11-19)12-20-16/h1-6,12H,7-10H2. The van der Waals surface area contributed by atoms with Crippen molar-refractivity contribution in [2.75, 3.05) is 31.1 Å². The molecule has 0 spiro atoms. The molecule has 1 aromatic heterocycles. The van der Waals surface area contributed by atoms with Gasteiger partial charge in [0.1, 0.15) is 11.9 Å². The van der Waals surface area contributed by atoms with Crippen LogP contribution in [-0.4, -0.2) is 42.0 Å². The fourth-order valence-corrected chi connectivity index (χ4v) is 2.82. The fraction of sp³-hybridized carbons (Fsp3) is 0.235. The van der Waals surface area contributed by atoms with Crippen LogP contribution in [0.25, 0.3) is 0 Å². The second kappa shape index (κ2) is 6.80. The van der Waals surface area contributed by atoms with Crippen LogP contribution in [0.4, 0.5) is 5.82 Å². The number of carbonyl (C=O) groups excluding carboxylic acids is 1. The molecular formula is C17H15BrN4O. The molecule has 5 nitrogen and oxygen atoms in total. The first kappa shape index (κ1) is 15.5. The molecule has 0 saturated carbocycles. The first-order valence-electron chi connectivity index (χ1n) is 7.33. The summed E-state index contributed by atoms with van der Waals surface area (Å²) in [7, 11) is 0. The Balaban J connectivity index is 1.62. The quantitative estimate of drug-likeness (QED) is 0.815. The lowest BCUT2D eigenvalue weighted by atomic mass is 10.2. The third-order valence-electron chi connectivity index (χ3n) is 3.86. The number of anilines is 1. The van der Waals surface area contributed by atoms with Gasteiger partial charge >= 0.3 is 0 Å². The van der Waals surface area contributed by atoms with Gasteiger partial charge in [-0.05, 0) is 36.4 Å². The molecule has 0 unspecified atom stereocenters. The summed E-state index contributed by atoms with van der Waals surface area (Å²) in [4.78, 5) is 20.8. The minimum Gasteiger partial charge on any atom is -0.353 e. The highest BCUT2D eigenvalue weighted by Crippen LogP contribution is 2.16. The van der Waals surface area contributed by atoms with Crippen LogP contribution in [0, 0.1) is 11.3 Å². The van der Waals surface area contributed by atoms with E-state index in [1.54, 1.807) is 12.3 Å². The molecule has 0 bridgehead atoms. The van der Waals surface area contributed by atoms with E-state index in [4.69, 9.17) is 5.26 Å². The van der Waals surface area contributed by atoms with Crippen LogP contribution in [0.3, 0.4) is 0 Å². The van der Waals surface area contributed by atoms with E-state index in [1.165, 1.54) is 0 Å². The van der Waals surface area contributed by atoms with Crippen molar-refractivity contribution in [1.29, 1.82) is 5.26 Å². The third-order valence-corrected chi connectivity index (χ3v) is 4.39. The lowest BCUT2D eigenvalue weighted by Crippen LogP contribution is -2.49. The molecule has 1 aliphatic rings. The Kier molecular flexibility index (Phi) is 4.58. The summed E-state index contributed by atoms with van der Waals surface area (Å²) in [5.41, 5.74) is 1.26. The Bertz CT molecular complexity index is 729. The summed E-state index contributed by atoms with van der Waals surface area (Å²) in [6.45, 7) is 2.80. The van der Waals surface area contributed by atoms with Crippen molar-refractivity contribution in [2.45, 2.75) is 0 Å². The molecule has 1 aliphatic heterocycles. The van der Waals surface area contributed by atoms with E-state index in [0.29, 0.717) is 24.2 Å². The maximum absolute atomic E-state index is 12.5. The average molecular weight is 371 g/mol. The molecule has 1 amide bonds. The predicted octanol–water partition coefficient (Wildman–Crippen LogP) is 2.68. The zero-order valence-corrected chi connectivity index (χ0v) is 14.0. The van der Waals surface area contributed by atoms with E-state index in [9.17, 15) is 4.79 Å². The first-order chi connectivity index (χ1) is 11.2. The third kappa shape index (κ3) is 3.51. The summed E-state index contributed by atoms with van der Waals surface area (Å²) < 4.78 is 0.964. The Hall–Kier alpha value is -2.39. The molecule has 3 rings (SSSR count). The first-order valence-corrected chi connectivity index (χ1v) is 8.12. The average Bonchev–Trinajstić information content (AvgIpc) is 2.62. The van der Waals surface area contributed by atoms with E-state index in [0.717, 1.165) is 23.4 Å². The van der Waals surface area contributed by atoms with Gasteiger partial charge in [0, 0.05) is 42.4 Å². The van der Waals surface area contributed by atoms with E-state index in [-0.39, 0.29) is 5.91 Å². The number of halogens is 1. The second-order valence-electron chi connectivity index (χ2n) is 5.30. The van der Waals surface area contributed by atoms with Gasteiger partial charge in [0.2, 0.25) is 0 Å². The highest BCUT2D eigenvalue weighted by atomic mass is 79.9. The van der Waals surface area contributed by atoms with E-state index in [1.807, 2.05) is 35.2 Å². The number of aromatic nitrogens is 1. The molecule has 0 aliphatic carbocycles. The number of carbonyl (C=O) groups is 1. The Morgan fingerprint density at radius 3 is 2.35 bits per heavy atom. The monoisotopic (exact) mass is 370 g/mol. The van der Waals surface area contributed by atoms with Crippen molar-refractivity contribution in [3.8, 4) is 6.07 Å². The lowest BCUT2D eigenvalue weighted by Gasteiger charge is -2.35. The highest BCUT2D eigenvalue weighted by Gasteiger charge is 2.22. The molecule has 2 aromatic rings. The molecule has 1 saturated heterocycles. The van der Waals surface area contributed by atoms with Crippen molar-refractivity contribution < 1.29 is 4.79 Å². The smallest absolute Gasteiger partial charge is 0.253 e. The summed E-state index contributed by atoms with van der Waals surface area (Å²) in [5.74, 6) is 0.907. The number of rotatable bonds is 2. The summed E-state index contributed by atoms with van der Waals surface area (Å²) >= 11 is 3.38. The van der Waals surface area contributed by atoms with Crippen LogP contribution in [0.2, 0.25) is 0 Å². The molecule has 6 heteroatoms. The number of benzene rings is 1. The van der Waals surface area contributed by atoms with Crippen LogP contribution in [0.15, 0.2) is 47.1 Å². The van der Waals surface area contributed by atoms with Gasteiger partial charge in [0.15, 0.2) is 0 Å². The fourth-order valence-electron chi connectivity index (χ4n) is 2.55. The van der Waals surface area contributed by atoms with Gasteiger partial charge in [0.05, 0.1) is 5.56 Å². The van der Waals surface area contributed by atoms with Crippen molar-refractivity contribution in [1.82, 2.24) is 9.88 Å². The molecule has 0 N–H and O–H groups in total. The number of hydrogen-bond donors (Lipinski definition) is 0. The molecule has 2 heterocycles. The predicted molar refractivity (Wildman–Crippen MR) is 91.2 cm³/mol. The van der Waals surface area contributed by atoms with E-state index >= 15 is 0 Å². The van der Waals surface area contributed by atoms with Crippen LogP contribution in [0.5, 0.6) is 0 Å². The maximum Gasteiger partial charge on any atom is 0.253 e. The van der Waals surface area contributed by atoms with Crippen molar-refractivity contribution in [3.05, 3.63) is 58.2 Å². The lowest BCUT2D eigenvalue weighted by molar-refractivity contribution is 0.0746. The largest absolute Gasteiger partial charge is 0.353 e. The maximum atomic E-state index is 12.5. The molecule has 0 atom stereocenters. The zero-order valence-electron chi connectivity index (χ0n) is 12.4. The summed E-state index contributed by atoms with van der Waals surface area (Å²) in [5, 5.41) is 8.81. The van der Waals surface area contributed by atoms with Crippen molar-refractivity contribution in [2.24, 2.45) is 0 Å². The minimum atomic E-state index is 0.0601. The van der Waals surface area contributed by atoms with Crippen LogP contribution < -0.4 is 4.90 Å². The SMILES string of the molecule is N#Cc1ccc(N2CCN(C(=O)c3ccc(Br)cc3)CC2)nc1. The number of nitriles is 1. The molecule has 116 valence electrons. The van der Waals surface area contributed by atoms with Gasteiger partial charge in [-0.1, -0.05) is 15.9 Å². The number of pyridine rings is 1. The van der Waals surface area contributed by atoms with Gasteiger partial charge in [-0.15, -0.1) is 0 Å². The van der Waals surface area contributed by atoms with Gasteiger partial charge < -0.3 is 9.80 Å². The van der Waals surface area contributed by atoms with Gasteiger partial charge in [-0.3, -0.25) is 4.79 Å². The van der Waals surface area contributed by atoms with Crippen molar-refractivity contribution >= 4 is 27.7 Å². The summed E-state index contributed by atoms with van der Waals surface area (Å²) in [6.07, 6.45) is 1.58. The number of hydrogen-bond acceptors (Lipinski definition) is 4. The number of amides is 1. The van der Waals surface area contributed by atoms with Crippen LogP contribution in [0.1, 0.15) is 15.9 Å². The van der Waals surface area contributed by atoms with Gasteiger partial charge in [0.25, 0.3) is 5.91 Å². The normalized spacial score (nSPS) is 14.4. The van der Waals surface area contributed by atoms with E-state index in [2.05, 4.69) is 31.9 Å². The summed E-state index contributed by atoms with van der Waals surface area (Å²) in [6, 6.07) is 13.1. The zero-order chi connectivity index (χ0) is 16.2. The molecule has 1 aromatic carbocycles. The van der Waals surface area contributed by atoms with Gasteiger partial charge in [-0.25, -0.2) is 4.98 Å². The number of piperazine rings is 1. The van der Waals surface area contributed by atoms with E-state index < -0.39 is 0 Å².